The second-order valence-electron chi connectivity index (χ2n) is 2.08. The zero-order chi connectivity index (χ0) is 5.98. The minimum absolute atomic E-state index is 0.652. The van der Waals surface area contributed by atoms with Crippen LogP contribution in [0.2, 0.25) is 9.74 Å². The Kier molecular flexibility index (Phi) is 3.46. The first-order valence-corrected chi connectivity index (χ1v) is 12.9. The Labute approximate surface area is 65.5 Å². The molecule has 0 saturated carbocycles. The molecule has 48 valence electrons. The Morgan fingerprint density at radius 1 is 1.50 bits per heavy atom. The maximum atomic E-state index is 2.45. The van der Waals surface area contributed by atoms with Gasteiger partial charge in [0.25, 0.3) is 0 Å². The van der Waals surface area contributed by atoms with Gasteiger partial charge in [0.15, 0.2) is 0 Å². The Bertz CT molecular complexity index is 70.8. The van der Waals surface area contributed by atoms with Crippen molar-refractivity contribution in [2.24, 2.45) is 0 Å². The Morgan fingerprint density at radius 3 is 2.25 bits per heavy atom. The van der Waals surface area contributed by atoms with Crippen molar-refractivity contribution in [2.75, 3.05) is 11.5 Å². The topological polar surface area (TPSA) is 0 Å². The minimum atomic E-state index is -0.652. The molecule has 0 spiro atoms. The van der Waals surface area contributed by atoms with Crippen LogP contribution in [0.1, 0.15) is 0 Å². The van der Waals surface area contributed by atoms with E-state index in [2.05, 4.69) is 30.4 Å². The molecule has 1 fully saturated rings. The normalized spacial score (nSPS) is 21.4. The van der Waals surface area contributed by atoms with Gasteiger partial charge in [0.1, 0.15) is 0 Å². The first kappa shape index (κ1) is 7.62. The number of hydrogen-bond acceptors (Lipinski definition) is 2. The summed E-state index contributed by atoms with van der Waals surface area (Å²) in [5.74, 6) is 2.88. The molecule has 0 aromatic heterocycles. The van der Waals surface area contributed by atoms with Crippen molar-refractivity contribution in [3.05, 3.63) is 0 Å². The van der Waals surface area contributed by atoms with E-state index in [1.165, 1.54) is 11.5 Å². The van der Waals surface area contributed by atoms with Crippen molar-refractivity contribution in [1.29, 1.82) is 0 Å². The molecule has 1 aliphatic heterocycles. The molecule has 1 rings (SSSR count). The van der Waals surface area contributed by atoms with Crippen LogP contribution in [0.3, 0.4) is 0 Å². The molecule has 0 aliphatic carbocycles. The van der Waals surface area contributed by atoms with Gasteiger partial charge in [-0.05, 0) is 0 Å². The second-order valence-corrected chi connectivity index (χ2v) is 15.4. The summed E-state index contributed by atoms with van der Waals surface area (Å²) < 4.78 is 0. The average Bonchev–Trinajstić information content (AvgIpc) is 1.55. The molecule has 1 heterocycles. The van der Waals surface area contributed by atoms with Gasteiger partial charge in [0.2, 0.25) is 0 Å². The van der Waals surface area contributed by atoms with Crippen molar-refractivity contribution in [3.8, 4) is 0 Å². The van der Waals surface area contributed by atoms with Crippen LogP contribution in [0.15, 0.2) is 0 Å². The molecule has 0 nitrogen and oxygen atoms in total. The van der Waals surface area contributed by atoms with Crippen LogP contribution in [0.25, 0.3) is 0 Å². The van der Waals surface area contributed by atoms with Crippen LogP contribution in [0, 0.1) is 0 Å². The summed E-state index contributed by atoms with van der Waals surface area (Å²) in [6.45, 7) is 0. The maximum absolute atomic E-state index is 2.45. The molecule has 0 bridgehead atoms. The molecule has 0 atom stereocenters. The summed E-state index contributed by atoms with van der Waals surface area (Å²) in [7, 11) is 2.30. The predicted molar refractivity (Wildman–Crippen MR) is 46.2 cm³/mol. The Balaban J connectivity index is 2.01. The summed E-state index contributed by atoms with van der Waals surface area (Å²) >= 11 is 1.44. The molecule has 0 aromatic rings. The zero-order valence-corrected chi connectivity index (χ0v) is 9.44. The van der Waals surface area contributed by atoms with E-state index in [4.69, 9.17) is 0 Å². The van der Waals surface area contributed by atoms with E-state index < -0.39 is 18.8 Å². The summed E-state index contributed by atoms with van der Waals surface area (Å²) in [4.78, 5) is 4.91. The number of rotatable bonds is 2. The van der Waals surface area contributed by atoms with E-state index in [1.54, 1.807) is 0 Å². The van der Waals surface area contributed by atoms with E-state index in [-0.39, 0.29) is 0 Å². The van der Waals surface area contributed by atoms with Gasteiger partial charge in [-0.15, -0.1) is 0 Å². The monoisotopic (exact) mass is 256 g/mol. The zero-order valence-electron chi connectivity index (χ0n) is 5.26. The number of hydrogen-bond donors (Lipinski definition) is 0. The van der Waals surface area contributed by atoms with Gasteiger partial charge in [0, 0.05) is 0 Å². The first-order chi connectivity index (χ1) is 3.79. The van der Waals surface area contributed by atoms with Gasteiger partial charge in [-0.1, -0.05) is 0 Å². The van der Waals surface area contributed by atoms with Gasteiger partial charge in [-0.25, -0.2) is 0 Å². The van der Waals surface area contributed by atoms with Crippen molar-refractivity contribution in [3.63, 3.8) is 0 Å². The van der Waals surface area contributed by atoms with Gasteiger partial charge in [-0.3, -0.25) is 0 Å². The molecule has 0 amide bonds. The van der Waals surface area contributed by atoms with Gasteiger partial charge in [-0.2, -0.15) is 0 Å². The van der Waals surface area contributed by atoms with E-state index in [1.807, 2.05) is 0 Å². The molecule has 1 aliphatic rings. The van der Waals surface area contributed by atoms with Crippen LogP contribution >= 0.6 is 20.6 Å². The van der Waals surface area contributed by atoms with Gasteiger partial charge in [0.05, 0.1) is 0 Å². The third-order valence-corrected chi connectivity index (χ3v) is 9.88. The summed E-state index contributed by atoms with van der Waals surface area (Å²) in [6, 6.07) is 0. The van der Waals surface area contributed by atoms with E-state index in [9.17, 15) is 0 Å². The molecule has 0 aromatic carbocycles. The third-order valence-electron chi connectivity index (χ3n) is 0.967. The van der Waals surface area contributed by atoms with Gasteiger partial charge >= 0.3 is 65.9 Å². The molecule has 8 heavy (non-hydrogen) atoms. The van der Waals surface area contributed by atoms with Crippen LogP contribution in [0.5, 0.6) is 0 Å². The quantitative estimate of drug-likeness (QED) is 0.695. The van der Waals surface area contributed by atoms with E-state index in [0.29, 0.717) is 0 Å². The van der Waals surface area contributed by atoms with E-state index >= 15 is 0 Å². The predicted octanol–water partition coefficient (Wildman–Crippen LogP) is 2.09. The Hall–Kier alpha value is 1.52. The summed E-state index contributed by atoms with van der Waals surface area (Å²) in [5.41, 5.74) is 0. The molecular weight excluding hydrogens is 246 g/mol. The summed E-state index contributed by atoms with van der Waals surface area (Å²) in [6.07, 6.45) is 0. The van der Waals surface area contributed by atoms with Crippen LogP contribution in [0.4, 0.5) is 0 Å². The molecule has 3 heteroatoms. The fourth-order valence-corrected chi connectivity index (χ4v) is 10.9. The molecular formula is C5H11S2Sb. The van der Waals surface area contributed by atoms with Gasteiger partial charge < -0.3 is 0 Å². The first-order valence-electron chi connectivity index (χ1n) is 2.71. The van der Waals surface area contributed by atoms with Crippen molar-refractivity contribution < 1.29 is 0 Å². The second kappa shape index (κ2) is 3.63. The van der Waals surface area contributed by atoms with E-state index in [0.717, 1.165) is 5.25 Å². The van der Waals surface area contributed by atoms with Crippen molar-refractivity contribution in [2.45, 2.75) is 15.0 Å². The number of thioether (sulfide) groups is 1. The van der Waals surface area contributed by atoms with Crippen LogP contribution in [-0.2, 0) is 0 Å². The van der Waals surface area contributed by atoms with Crippen molar-refractivity contribution in [1.82, 2.24) is 0 Å². The average molecular weight is 257 g/mol. The Morgan fingerprint density at radius 2 is 2.12 bits per heavy atom. The molecule has 1 saturated heterocycles. The SMILES string of the molecule is [CH3][Sb]([CH3])[S]C1CSC1. The van der Waals surface area contributed by atoms with Crippen LogP contribution in [-0.4, -0.2) is 35.6 Å². The molecule has 0 unspecified atom stereocenters. The third kappa shape index (κ3) is 2.41. The standard InChI is InChI=1S/C3H6S2.2CH3.Sb/c4-3-1-5-2-3;;;/h3-4H,1-2H2;2*1H3;/q;;;+1/p-1. The van der Waals surface area contributed by atoms with Crippen molar-refractivity contribution >= 4 is 39.4 Å². The summed E-state index contributed by atoms with van der Waals surface area (Å²) in [5, 5.41) is 1.07. The fourth-order valence-electron chi connectivity index (χ4n) is 0.573. The molecule has 0 radical (unpaired) electrons. The fraction of sp³-hybridized carbons (Fsp3) is 1.00. The van der Waals surface area contributed by atoms with Crippen LogP contribution < -0.4 is 0 Å². The molecule has 0 N–H and O–H groups in total.